The quantitative estimate of drug-likeness (QED) is 0.753. The summed E-state index contributed by atoms with van der Waals surface area (Å²) < 4.78 is 5.04. The summed E-state index contributed by atoms with van der Waals surface area (Å²) in [6, 6.07) is 5.20. The van der Waals surface area contributed by atoms with Crippen molar-refractivity contribution in [3.63, 3.8) is 0 Å². The van der Waals surface area contributed by atoms with Crippen LogP contribution in [-0.2, 0) is 19.1 Å². The zero-order chi connectivity index (χ0) is 18.6. The predicted molar refractivity (Wildman–Crippen MR) is 95.3 cm³/mol. The van der Waals surface area contributed by atoms with Gasteiger partial charge in [0, 0.05) is 17.3 Å². The maximum Gasteiger partial charge on any atom is 0.309 e. The Morgan fingerprint density at radius 2 is 2.04 bits per heavy atom. The summed E-state index contributed by atoms with van der Waals surface area (Å²) in [5, 5.41) is 3.26. The number of anilines is 1. The number of nitrogens with zero attached hydrogens (tertiary/aromatic N) is 1. The smallest absolute Gasteiger partial charge is 0.309 e. The molecule has 2 atom stereocenters. The second kappa shape index (κ2) is 8.34. The molecule has 25 heavy (non-hydrogen) atoms. The van der Waals surface area contributed by atoms with E-state index in [9.17, 15) is 14.4 Å². The Morgan fingerprint density at radius 3 is 2.64 bits per heavy atom. The minimum Gasteiger partial charge on any atom is -0.455 e. The van der Waals surface area contributed by atoms with Crippen molar-refractivity contribution in [1.29, 1.82) is 0 Å². The third-order valence-electron chi connectivity index (χ3n) is 4.29. The van der Waals surface area contributed by atoms with Gasteiger partial charge in [-0.3, -0.25) is 14.4 Å². The maximum absolute atomic E-state index is 12.2. The fraction of sp³-hybridized carbons (Fsp3) is 0.500. The Morgan fingerprint density at radius 1 is 1.36 bits per heavy atom. The van der Waals surface area contributed by atoms with Gasteiger partial charge in [-0.15, -0.1) is 0 Å². The number of nitrogens with one attached hydrogen (secondary N) is 1. The molecule has 0 aliphatic heterocycles. The summed E-state index contributed by atoms with van der Waals surface area (Å²) in [4.78, 5) is 37.4. The molecule has 0 aromatic heterocycles. The zero-order valence-corrected chi connectivity index (χ0v) is 15.4. The van der Waals surface area contributed by atoms with Crippen molar-refractivity contribution in [1.82, 2.24) is 4.90 Å². The number of carbonyl (C=O) groups is 3. The molecule has 136 valence electrons. The van der Waals surface area contributed by atoms with E-state index in [1.165, 1.54) is 4.90 Å². The van der Waals surface area contributed by atoms with Gasteiger partial charge < -0.3 is 15.0 Å². The highest BCUT2D eigenvalue weighted by Crippen LogP contribution is 2.38. The molecule has 2 rings (SSSR count). The standard InChI is InChI=1S/C18H23ClN2O4/c1-4-21(17(23)10-25-18(24)14-7-12(14)3)9-16(22)20-15-8-13(19)6-5-11(15)2/h5-6,8,12,14H,4,7,9-10H2,1-3H3,(H,20,22)/t12-,14+/m1/s1. The molecule has 0 spiro atoms. The Balaban J connectivity index is 1.85. The highest BCUT2D eigenvalue weighted by atomic mass is 35.5. The highest BCUT2D eigenvalue weighted by Gasteiger charge is 2.40. The van der Waals surface area contributed by atoms with E-state index in [1.807, 2.05) is 13.8 Å². The molecule has 1 aromatic rings. The van der Waals surface area contributed by atoms with E-state index < -0.39 is 0 Å². The van der Waals surface area contributed by atoms with Crippen LogP contribution in [0.1, 0.15) is 25.8 Å². The van der Waals surface area contributed by atoms with E-state index >= 15 is 0 Å². The molecule has 1 N–H and O–H groups in total. The first-order valence-electron chi connectivity index (χ1n) is 8.32. The van der Waals surface area contributed by atoms with Crippen LogP contribution in [0, 0.1) is 18.8 Å². The Bertz CT molecular complexity index is 677. The van der Waals surface area contributed by atoms with Gasteiger partial charge in [-0.25, -0.2) is 0 Å². The van der Waals surface area contributed by atoms with Crippen molar-refractivity contribution in [2.75, 3.05) is 25.0 Å². The van der Waals surface area contributed by atoms with E-state index in [2.05, 4.69) is 5.32 Å². The van der Waals surface area contributed by atoms with E-state index in [-0.39, 0.29) is 36.9 Å². The summed E-state index contributed by atoms with van der Waals surface area (Å²) in [5.74, 6) is -0.811. The number of hydrogen-bond acceptors (Lipinski definition) is 4. The summed E-state index contributed by atoms with van der Waals surface area (Å²) in [6.07, 6.45) is 0.811. The van der Waals surface area contributed by atoms with Crippen molar-refractivity contribution >= 4 is 35.1 Å². The van der Waals surface area contributed by atoms with Crippen molar-refractivity contribution in [3.05, 3.63) is 28.8 Å². The number of halogens is 1. The maximum atomic E-state index is 12.2. The zero-order valence-electron chi connectivity index (χ0n) is 14.7. The number of aryl methyl sites for hydroxylation is 1. The SMILES string of the molecule is CCN(CC(=O)Nc1cc(Cl)ccc1C)C(=O)COC(=O)[C@H]1C[C@H]1C. The molecule has 6 nitrogen and oxygen atoms in total. The number of amides is 2. The van der Waals surface area contributed by atoms with Gasteiger partial charge in [-0.1, -0.05) is 24.6 Å². The molecule has 0 saturated heterocycles. The lowest BCUT2D eigenvalue weighted by Gasteiger charge is -2.20. The number of carbonyl (C=O) groups excluding carboxylic acids is 3. The second-order valence-corrected chi connectivity index (χ2v) is 6.78. The molecule has 1 aromatic carbocycles. The molecule has 1 saturated carbocycles. The van der Waals surface area contributed by atoms with Crippen molar-refractivity contribution in [2.24, 2.45) is 11.8 Å². The van der Waals surface area contributed by atoms with Crippen LogP contribution >= 0.6 is 11.6 Å². The number of esters is 1. The van der Waals surface area contributed by atoms with E-state index in [0.717, 1.165) is 12.0 Å². The second-order valence-electron chi connectivity index (χ2n) is 6.34. The highest BCUT2D eigenvalue weighted by molar-refractivity contribution is 6.31. The molecular weight excluding hydrogens is 344 g/mol. The Labute approximate surface area is 152 Å². The number of ether oxygens (including phenoxy) is 1. The minimum atomic E-state index is -0.387. The number of rotatable bonds is 7. The largest absolute Gasteiger partial charge is 0.455 e. The predicted octanol–water partition coefficient (Wildman–Crippen LogP) is 2.63. The summed E-state index contributed by atoms with van der Waals surface area (Å²) in [5.41, 5.74) is 1.48. The summed E-state index contributed by atoms with van der Waals surface area (Å²) in [6.45, 7) is 5.48. The van der Waals surface area contributed by atoms with Gasteiger partial charge in [0.25, 0.3) is 5.91 Å². The fourth-order valence-corrected chi connectivity index (χ4v) is 2.62. The molecular formula is C18H23ClN2O4. The van der Waals surface area contributed by atoms with Crippen LogP contribution in [-0.4, -0.2) is 42.4 Å². The van der Waals surface area contributed by atoms with Gasteiger partial charge in [0.15, 0.2) is 6.61 Å². The fourth-order valence-electron chi connectivity index (χ4n) is 2.45. The lowest BCUT2D eigenvalue weighted by molar-refractivity contribution is -0.153. The normalized spacial score (nSPS) is 18.4. The van der Waals surface area contributed by atoms with Crippen LogP contribution in [0.25, 0.3) is 0 Å². The van der Waals surface area contributed by atoms with Gasteiger partial charge in [0.1, 0.15) is 0 Å². The van der Waals surface area contributed by atoms with E-state index in [0.29, 0.717) is 23.2 Å². The molecule has 0 heterocycles. The van der Waals surface area contributed by atoms with Crippen LogP contribution in [0.2, 0.25) is 5.02 Å². The van der Waals surface area contributed by atoms with Crippen molar-refractivity contribution in [3.8, 4) is 0 Å². The van der Waals surface area contributed by atoms with E-state index in [1.54, 1.807) is 25.1 Å². The monoisotopic (exact) mass is 366 g/mol. The molecule has 0 unspecified atom stereocenters. The summed E-state index contributed by atoms with van der Waals surface area (Å²) in [7, 11) is 0. The lowest BCUT2D eigenvalue weighted by atomic mass is 10.2. The van der Waals surface area contributed by atoms with Crippen LogP contribution in [0.5, 0.6) is 0 Å². The van der Waals surface area contributed by atoms with Gasteiger partial charge in [-0.05, 0) is 43.9 Å². The molecule has 7 heteroatoms. The number of hydrogen-bond donors (Lipinski definition) is 1. The number of likely N-dealkylation sites (N-methyl/N-ethyl adjacent to an activating group) is 1. The van der Waals surface area contributed by atoms with Crippen molar-refractivity contribution < 1.29 is 19.1 Å². The third kappa shape index (κ3) is 5.46. The van der Waals surface area contributed by atoms with Crippen LogP contribution < -0.4 is 5.32 Å². The van der Waals surface area contributed by atoms with Gasteiger partial charge in [0.2, 0.25) is 5.91 Å². The average molecular weight is 367 g/mol. The molecule has 2 amide bonds. The first-order valence-corrected chi connectivity index (χ1v) is 8.70. The first kappa shape index (κ1) is 19.2. The number of benzene rings is 1. The third-order valence-corrected chi connectivity index (χ3v) is 4.53. The van der Waals surface area contributed by atoms with Gasteiger partial charge in [-0.2, -0.15) is 0 Å². The topological polar surface area (TPSA) is 75.7 Å². The van der Waals surface area contributed by atoms with Crippen LogP contribution in [0.15, 0.2) is 18.2 Å². The summed E-state index contributed by atoms with van der Waals surface area (Å²) >= 11 is 5.93. The van der Waals surface area contributed by atoms with Crippen LogP contribution in [0.3, 0.4) is 0 Å². The Kier molecular flexibility index (Phi) is 6.42. The molecule has 1 aliphatic rings. The van der Waals surface area contributed by atoms with E-state index in [4.69, 9.17) is 16.3 Å². The van der Waals surface area contributed by atoms with Crippen LogP contribution in [0.4, 0.5) is 5.69 Å². The van der Waals surface area contributed by atoms with Crippen molar-refractivity contribution in [2.45, 2.75) is 27.2 Å². The molecule has 1 fully saturated rings. The minimum absolute atomic E-state index is 0.0861. The molecule has 0 bridgehead atoms. The lowest BCUT2D eigenvalue weighted by Crippen LogP contribution is -2.40. The Hall–Kier alpha value is -2.08. The molecule has 1 aliphatic carbocycles. The average Bonchev–Trinajstić information content (AvgIpc) is 3.30. The molecule has 0 radical (unpaired) electrons. The van der Waals surface area contributed by atoms with Gasteiger partial charge in [0.05, 0.1) is 12.5 Å². The first-order chi connectivity index (χ1) is 11.8. The van der Waals surface area contributed by atoms with Gasteiger partial charge >= 0.3 is 5.97 Å².